The number of benzene rings is 1. The van der Waals surface area contributed by atoms with E-state index in [1.165, 1.54) is 12.1 Å². The van der Waals surface area contributed by atoms with Gasteiger partial charge >= 0.3 is 0 Å². The van der Waals surface area contributed by atoms with E-state index < -0.39 is 5.82 Å². The van der Waals surface area contributed by atoms with Crippen LogP contribution >= 0.6 is 11.6 Å². The lowest BCUT2D eigenvalue weighted by Crippen LogP contribution is -2.27. The Hall–Kier alpha value is -1.95. The molecule has 1 saturated heterocycles. The molecule has 1 fully saturated rings. The highest BCUT2D eigenvalue weighted by Crippen LogP contribution is 2.35. The molecule has 1 aromatic carbocycles. The van der Waals surface area contributed by atoms with E-state index in [0.29, 0.717) is 35.1 Å². The number of hydrogen-bond acceptors (Lipinski definition) is 4. The second-order valence-corrected chi connectivity index (χ2v) is 7.43. The van der Waals surface area contributed by atoms with Crippen molar-refractivity contribution in [2.45, 2.75) is 51.6 Å². The van der Waals surface area contributed by atoms with Gasteiger partial charge in [0, 0.05) is 23.4 Å². The average molecular weight is 352 g/mol. The Labute approximate surface area is 144 Å². The van der Waals surface area contributed by atoms with Crippen LogP contribution in [0.15, 0.2) is 22.7 Å². The van der Waals surface area contributed by atoms with Crippen LogP contribution in [0.25, 0.3) is 0 Å². The molecule has 0 radical (unpaired) electrons. The highest BCUT2D eigenvalue weighted by Gasteiger charge is 2.37. The molecule has 0 bridgehead atoms. The van der Waals surface area contributed by atoms with Crippen LogP contribution in [0.1, 0.15) is 56.9 Å². The van der Waals surface area contributed by atoms with Gasteiger partial charge in [-0.3, -0.25) is 4.79 Å². The average Bonchev–Trinajstić information content (AvgIpc) is 3.09. The van der Waals surface area contributed by atoms with E-state index in [2.05, 4.69) is 10.1 Å². The number of aromatic nitrogens is 2. The Morgan fingerprint density at radius 2 is 2.17 bits per heavy atom. The SMILES string of the molecule is CC(C)(C)c1noc(C2CCC(=O)N2Cc2ccc(F)cc2Cl)n1. The summed E-state index contributed by atoms with van der Waals surface area (Å²) >= 11 is 6.08. The zero-order chi connectivity index (χ0) is 17.5. The largest absolute Gasteiger partial charge is 0.337 e. The Bertz CT molecular complexity index is 769. The minimum atomic E-state index is -0.403. The molecular weight excluding hydrogens is 333 g/mol. The van der Waals surface area contributed by atoms with E-state index in [0.717, 1.165) is 0 Å². The second kappa shape index (κ2) is 6.16. The van der Waals surface area contributed by atoms with E-state index >= 15 is 0 Å². The van der Waals surface area contributed by atoms with E-state index in [-0.39, 0.29) is 23.9 Å². The minimum absolute atomic E-state index is 0.00380. The van der Waals surface area contributed by atoms with E-state index in [4.69, 9.17) is 16.1 Å². The molecule has 7 heteroatoms. The van der Waals surface area contributed by atoms with Crippen molar-refractivity contribution >= 4 is 17.5 Å². The van der Waals surface area contributed by atoms with Gasteiger partial charge in [-0.1, -0.05) is 43.6 Å². The first-order valence-electron chi connectivity index (χ1n) is 7.83. The molecule has 0 spiro atoms. The van der Waals surface area contributed by atoms with Crippen LogP contribution in [0, 0.1) is 5.82 Å². The van der Waals surface area contributed by atoms with E-state index in [9.17, 15) is 9.18 Å². The van der Waals surface area contributed by atoms with Gasteiger partial charge in [-0.15, -0.1) is 0 Å². The van der Waals surface area contributed by atoms with Crippen LogP contribution in [0.3, 0.4) is 0 Å². The second-order valence-electron chi connectivity index (χ2n) is 7.02. The lowest BCUT2D eigenvalue weighted by molar-refractivity contribution is -0.129. The van der Waals surface area contributed by atoms with Crippen LogP contribution in [-0.2, 0) is 16.8 Å². The van der Waals surface area contributed by atoms with Gasteiger partial charge in [-0.2, -0.15) is 4.98 Å². The van der Waals surface area contributed by atoms with Gasteiger partial charge in [-0.25, -0.2) is 4.39 Å². The monoisotopic (exact) mass is 351 g/mol. The van der Waals surface area contributed by atoms with E-state index in [1.54, 1.807) is 11.0 Å². The Kier molecular flexibility index (Phi) is 4.34. The number of carbonyl (C=O) groups excluding carboxylic acids is 1. The Morgan fingerprint density at radius 1 is 1.42 bits per heavy atom. The number of amides is 1. The number of carbonyl (C=O) groups is 1. The Balaban J connectivity index is 1.85. The normalized spacial score (nSPS) is 18.5. The minimum Gasteiger partial charge on any atom is -0.337 e. The van der Waals surface area contributed by atoms with Crippen molar-refractivity contribution in [3.63, 3.8) is 0 Å². The van der Waals surface area contributed by atoms with Crippen LogP contribution in [0.4, 0.5) is 4.39 Å². The summed E-state index contributed by atoms with van der Waals surface area (Å²) in [7, 11) is 0. The van der Waals surface area contributed by atoms with Crippen molar-refractivity contribution in [1.82, 2.24) is 15.0 Å². The zero-order valence-electron chi connectivity index (χ0n) is 13.8. The molecule has 1 atom stereocenters. The Morgan fingerprint density at radius 3 is 2.79 bits per heavy atom. The quantitative estimate of drug-likeness (QED) is 0.837. The van der Waals surface area contributed by atoms with Gasteiger partial charge < -0.3 is 9.42 Å². The molecule has 1 aliphatic rings. The maximum Gasteiger partial charge on any atom is 0.249 e. The third-order valence-corrected chi connectivity index (χ3v) is 4.43. The highest BCUT2D eigenvalue weighted by atomic mass is 35.5. The molecule has 0 N–H and O–H groups in total. The summed E-state index contributed by atoms with van der Waals surface area (Å²) in [6, 6.07) is 3.90. The smallest absolute Gasteiger partial charge is 0.249 e. The maximum absolute atomic E-state index is 13.2. The number of rotatable bonds is 3. The van der Waals surface area contributed by atoms with Crippen molar-refractivity contribution in [2.75, 3.05) is 0 Å². The summed E-state index contributed by atoms with van der Waals surface area (Å²) in [6.45, 7) is 6.28. The van der Waals surface area contributed by atoms with Gasteiger partial charge in [0.2, 0.25) is 11.8 Å². The van der Waals surface area contributed by atoms with Gasteiger partial charge in [-0.05, 0) is 24.1 Å². The first-order chi connectivity index (χ1) is 11.3. The fraction of sp³-hybridized carbons (Fsp3) is 0.471. The van der Waals surface area contributed by atoms with Crippen molar-refractivity contribution in [3.8, 4) is 0 Å². The molecule has 0 aliphatic carbocycles. The predicted molar refractivity (Wildman–Crippen MR) is 86.9 cm³/mol. The lowest BCUT2D eigenvalue weighted by atomic mass is 9.96. The molecule has 1 amide bonds. The van der Waals surface area contributed by atoms with Crippen LogP contribution in [0.5, 0.6) is 0 Å². The van der Waals surface area contributed by atoms with Crippen molar-refractivity contribution in [1.29, 1.82) is 0 Å². The molecule has 128 valence electrons. The third kappa shape index (κ3) is 3.29. The number of nitrogens with zero attached hydrogens (tertiary/aromatic N) is 3. The maximum atomic E-state index is 13.2. The first kappa shape index (κ1) is 16.9. The van der Waals surface area contributed by atoms with Gasteiger partial charge in [0.15, 0.2) is 5.82 Å². The number of likely N-dealkylation sites (tertiary alicyclic amines) is 1. The predicted octanol–water partition coefficient (Wildman–Crippen LogP) is 4.02. The number of halogens is 2. The molecule has 1 unspecified atom stereocenters. The lowest BCUT2D eigenvalue weighted by Gasteiger charge is -2.22. The molecule has 5 nitrogen and oxygen atoms in total. The van der Waals surface area contributed by atoms with Crippen LogP contribution in [0.2, 0.25) is 5.02 Å². The van der Waals surface area contributed by atoms with Gasteiger partial charge in [0.1, 0.15) is 11.9 Å². The van der Waals surface area contributed by atoms with E-state index in [1.807, 2.05) is 20.8 Å². The molecule has 2 aromatic rings. The van der Waals surface area contributed by atoms with Crippen molar-refractivity contribution in [2.24, 2.45) is 0 Å². The zero-order valence-corrected chi connectivity index (χ0v) is 14.6. The third-order valence-electron chi connectivity index (χ3n) is 4.08. The topological polar surface area (TPSA) is 59.2 Å². The summed E-state index contributed by atoms with van der Waals surface area (Å²) in [5, 5.41) is 4.33. The van der Waals surface area contributed by atoms with Crippen molar-refractivity contribution < 1.29 is 13.7 Å². The fourth-order valence-corrected chi connectivity index (χ4v) is 2.92. The first-order valence-corrected chi connectivity index (χ1v) is 8.21. The molecule has 0 saturated carbocycles. The molecule has 1 aromatic heterocycles. The summed E-state index contributed by atoms with van der Waals surface area (Å²) in [4.78, 5) is 18.4. The molecular formula is C17H19ClFN3O2. The molecule has 3 rings (SSSR count). The molecule has 2 heterocycles. The molecule has 1 aliphatic heterocycles. The van der Waals surface area contributed by atoms with Gasteiger partial charge in [0.05, 0.1) is 0 Å². The fourth-order valence-electron chi connectivity index (χ4n) is 2.70. The van der Waals surface area contributed by atoms with Crippen LogP contribution < -0.4 is 0 Å². The van der Waals surface area contributed by atoms with Gasteiger partial charge in [0.25, 0.3) is 0 Å². The standard InChI is InChI=1S/C17H19ClFN3O2/c1-17(2,3)16-20-15(24-21-16)13-6-7-14(23)22(13)9-10-4-5-11(19)8-12(10)18/h4-5,8,13H,6-7,9H2,1-3H3. The summed E-state index contributed by atoms with van der Waals surface area (Å²) in [6.07, 6.45) is 1.03. The van der Waals surface area contributed by atoms with Crippen LogP contribution in [-0.4, -0.2) is 20.9 Å². The van der Waals surface area contributed by atoms with Crippen molar-refractivity contribution in [3.05, 3.63) is 46.3 Å². The summed E-state index contributed by atoms with van der Waals surface area (Å²) in [5.74, 6) is 0.635. The highest BCUT2D eigenvalue weighted by molar-refractivity contribution is 6.31. The summed E-state index contributed by atoms with van der Waals surface area (Å²) < 4.78 is 18.6. The number of hydrogen-bond donors (Lipinski definition) is 0. The summed E-state index contributed by atoms with van der Waals surface area (Å²) in [5.41, 5.74) is 0.462. The molecule has 24 heavy (non-hydrogen) atoms.